The highest BCUT2D eigenvalue weighted by Crippen LogP contribution is 2.24. The number of carbonyl (C=O) groups is 1. The summed E-state index contributed by atoms with van der Waals surface area (Å²) >= 11 is 1.34. The number of thioether (sulfide) groups is 1. The molecule has 1 heterocycles. The summed E-state index contributed by atoms with van der Waals surface area (Å²) in [5.74, 6) is 1.03. The van der Waals surface area contributed by atoms with Crippen molar-refractivity contribution in [3.05, 3.63) is 34.6 Å². The Kier molecular flexibility index (Phi) is 8.33. The second-order valence-electron chi connectivity index (χ2n) is 8.45. The van der Waals surface area contributed by atoms with Crippen molar-refractivity contribution in [2.75, 3.05) is 12.4 Å². The number of fused-ring (bicyclic) bond motifs is 1. The highest BCUT2D eigenvalue weighted by molar-refractivity contribution is 7.99. The predicted molar refractivity (Wildman–Crippen MR) is 122 cm³/mol. The van der Waals surface area contributed by atoms with Crippen LogP contribution in [0.25, 0.3) is 10.9 Å². The molecular formula is C23H33N3O3S. The molecule has 30 heavy (non-hydrogen) atoms. The zero-order valence-corrected chi connectivity index (χ0v) is 19.0. The van der Waals surface area contributed by atoms with E-state index >= 15 is 0 Å². The maximum Gasteiger partial charge on any atom is 0.262 e. The SMILES string of the molecule is CC1CCC(NC(=O)CSc2nc3ccccc3c(=O)n2CCCOC(C)C)CC1. The Morgan fingerprint density at radius 3 is 2.73 bits per heavy atom. The van der Waals surface area contributed by atoms with Crippen molar-refractivity contribution in [3.8, 4) is 0 Å². The lowest BCUT2D eigenvalue weighted by atomic mass is 9.87. The van der Waals surface area contributed by atoms with Crippen LogP contribution < -0.4 is 10.9 Å². The van der Waals surface area contributed by atoms with Crippen LogP contribution in [-0.4, -0.2) is 40.0 Å². The summed E-state index contributed by atoms with van der Waals surface area (Å²) in [5.41, 5.74) is 0.607. The van der Waals surface area contributed by atoms with E-state index in [0.29, 0.717) is 29.2 Å². The van der Waals surface area contributed by atoms with Gasteiger partial charge in [0.2, 0.25) is 5.91 Å². The molecule has 1 aromatic heterocycles. The molecule has 2 aromatic rings. The minimum Gasteiger partial charge on any atom is -0.379 e. The number of amides is 1. The number of nitrogens with zero attached hydrogens (tertiary/aromatic N) is 2. The Hall–Kier alpha value is -1.86. The summed E-state index contributed by atoms with van der Waals surface area (Å²) in [7, 11) is 0. The third kappa shape index (κ3) is 6.32. The van der Waals surface area contributed by atoms with E-state index in [-0.39, 0.29) is 29.4 Å². The Balaban J connectivity index is 1.68. The van der Waals surface area contributed by atoms with Crippen LogP contribution in [0.3, 0.4) is 0 Å². The summed E-state index contributed by atoms with van der Waals surface area (Å²) in [4.78, 5) is 30.2. The molecule has 0 aliphatic heterocycles. The average molecular weight is 432 g/mol. The fourth-order valence-corrected chi connectivity index (χ4v) is 4.64. The average Bonchev–Trinajstić information content (AvgIpc) is 2.72. The molecule has 1 N–H and O–H groups in total. The second kappa shape index (κ2) is 11.0. The van der Waals surface area contributed by atoms with E-state index in [1.807, 2.05) is 32.0 Å². The fourth-order valence-electron chi connectivity index (χ4n) is 3.80. The van der Waals surface area contributed by atoms with Gasteiger partial charge in [0.05, 0.1) is 22.8 Å². The summed E-state index contributed by atoms with van der Waals surface area (Å²) in [6.45, 7) is 7.37. The van der Waals surface area contributed by atoms with Gasteiger partial charge in [-0.25, -0.2) is 4.98 Å². The van der Waals surface area contributed by atoms with Gasteiger partial charge in [0.25, 0.3) is 5.56 Å². The first kappa shape index (κ1) is 22.8. The summed E-state index contributed by atoms with van der Waals surface area (Å²) in [6.07, 6.45) is 5.32. The first-order chi connectivity index (χ1) is 14.4. The van der Waals surface area contributed by atoms with Gasteiger partial charge in [-0.1, -0.05) is 30.8 Å². The Morgan fingerprint density at radius 1 is 1.27 bits per heavy atom. The van der Waals surface area contributed by atoms with Crippen molar-refractivity contribution in [1.82, 2.24) is 14.9 Å². The highest BCUT2D eigenvalue weighted by Gasteiger charge is 2.20. The van der Waals surface area contributed by atoms with Gasteiger partial charge in [0.15, 0.2) is 5.16 Å². The van der Waals surface area contributed by atoms with Crippen molar-refractivity contribution in [1.29, 1.82) is 0 Å². The van der Waals surface area contributed by atoms with E-state index in [2.05, 4.69) is 17.2 Å². The standard InChI is InChI=1S/C23H33N3O3S/c1-16(2)29-14-6-13-26-22(28)19-7-4-5-8-20(19)25-23(26)30-15-21(27)24-18-11-9-17(3)10-12-18/h4-5,7-8,16-18H,6,9-15H2,1-3H3,(H,24,27). The monoisotopic (exact) mass is 431 g/mol. The summed E-state index contributed by atoms with van der Waals surface area (Å²) < 4.78 is 7.30. The maximum atomic E-state index is 13.0. The van der Waals surface area contributed by atoms with Gasteiger partial charge in [0, 0.05) is 19.2 Å². The minimum atomic E-state index is -0.0608. The van der Waals surface area contributed by atoms with Crippen molar-refractivity contribution in [2.45, 2.75) is 76.7 Å². The smallest absolute Gasteiger partial charge is 0.262 e. The van der Waals surface area contributed by atoms with Crippen LogP contribution in [0.5, 0.6) is 0 Å². The van der Waals surface area contributed by atoms with E-state index in [4.69, 9.17) is 4.74 Å². The Bertz CT molecular complexity index is 904. The second-order valence-corrected chi connectivity index (χ2v) is 9.40. The lowest BCUT2D eigenvalue weighted by Gasteiger charge is -2.26. The maximum absolute atomic E-state index is 13.0. The molecule has 0 radical (unpaired) electrons. The molecule has 6 nitrogen and oxygen atoms in total. The van der Waals surface area contributed by atoms with E-state index < -0.39 is 0 Å². The molecular weight excluding hydrogens is 398 g/mol. The van der Waals surface area contributed by atoms with Crippen LogP contribution in [0, 0.1) is 5.92 Å². The van der Waals surface area contributed by atoms with Gasteiger partial charge >= 0.3 is 0 Å². The molecule has 0 spiro atoms. The summed E-state index contributed by atoms with van der Waals surface area (Å²) in [6, 6.07) is 7.64. The van der Waals surface area contributed by atoms with Gasteiger partial charge in [-0.15, -0.1) is 0 Å². The number of benzene rings is 1. The zero-order chi connectivity index (χ0) is 21.5. The predicted octanol–water partition coefficient (Wildman–Crippen LogP) is 4.00. The van der Waals surface area contributed by atoms with Crippen LogP contribution in [-0.2, 0) is 16.1 Å². The number of nitrogens with one attached hydrogen (secondary N) is 1. The number of hydrogen-bond donors (Lipinski definition) is 1. The van der Waals surface area contributed by atoms with Gasteiger partial charge in [-0.3, -0.25) is 14.2 Å². The molecule has 7 heteroatoms. The van der Waals surface area contributed by atoms with Gasteiger partial charge in [-0.05, 0) is 64.0 Å². The summed E-state index contributed by atoms with van der Waals surface area (Å²) in [5, 5.41) is 4.35. The lowest BCUT2D eigenvalue weighted by molar-refractivity contribution is -0.119. The van der Waals surface area contributed by atoms with Crippen molar-refractivity contribution < 1.29 is 9.53 Å². The molecule has 1 saturated carbocycles. The van der Waals surface area contributed by atoms with Crippen molar-refractivity contribution in [2.24, 2.45) is 5.92 Å². The van der Waals surface area contributed by atoms with Crippen LogP contribution in [0.1, 0.15) is 52.9 Å². The molecule has 0 bridgehead atoms. The van der Waals surface area contributed by atoms with Crippen LogP contribution >= 0.6 is 11.8 Å². The fraction of sp³-hybridized carbons (Fsp3) is 0.609. The number of aromatic nitrogens is 2. The number of para-hydroxylation sites is 1. The molecule has 1 fully saturated rings. The topological polar surface area (TPSA) is 73.2 Å². The van der Waals surface area contributed by atoms with E-state index in [1.54, 1.807) is 10.6 Å². The van der Waals surface area contributed by atoms with E-state index in [1.165, 1.54) is 24.6 Å². The van der Waals surface area contributed by atoms with Gasteiger partial charge in [0.1, 0.15) is 0 Å². The highest BCUT2D eigenvalue weighted by atomic mass is 32.2. The largest absolute Gasteiger partial charge is 0.379 e. The zero-order valence-electron chi connectivity index (χ0n) is 18.2. The van der Waals surface area contributed by atoms with Gasteiger partial charge < -0.3 is 10.1 Å². The first-order valence-corrected chi connectivity index (χ1v) is 12.0. The molecule has 1 aliphatic rings. The number of rotatable bonds is 9. The van der Waals surface area contributed by atoms with Gasteiger partial charge in [-0.2, -0.15) is 0 Å². The van der Waals surface area contributed by atoms with Crippen LogP contribution in [0.15, 0.2) is 34.2 Å². The first-order valence-electron chi connectivity index (χ1n) is 11.0. The molecule has 164 valence electrons. The molecule has 1 amide bonds. The van der Waals surface area contributed by atoms with Crippen molar-refractivity contribution in [3.63, 3.8) is 0 Å². The Morgan fingerprint density at radius 2 is 2.00 bits per heavy atom. The molecule has 1 aromatic carbocycles. The quantitative estimate of drug-likeness (QED) is 0.369. The van der Waals surface area contributed by atoms with E-state index in [0.717, 1.165) is 25.2 Å². The van der Waals surface area contributed by atoms with E-state index in [9.17, 15) is 9.59 Å². The molecule has 0 atom stereocenters. The Labute approximate surface area is 182 Å². The van der Waals surface area contributed by atoms with Crippen LogP contribution in [0.2, 0.25) is 0 Å². The number of ether oxygens (including phenoxy) is 1. The molecule has 1 aliphatic carbocycles. The third-order valence-corrected chi connectivity index (χ3v) is 6.49. The third-order valence-electron chi connectivity index (χ3n) is 5.52. The molecule has 3 rings (SSSR count). The van der Waals surface area contributed by atoms with Crippen molar-refractivity contribution >= 4 is 28.6 Å². The molecule has 0 unspecified atom stereocenters. The number of carbonyl (C=O) groups excluding carboxylic acids is 1. The normalized spacial score (nSPS) is 19.3. The molecule has 0 saturated heterocycles. The number of hydrogen-bond acceptors (Lipinski definition) is 5. The lowest BCUT2D eigenvalue weighted by Crippen LogP contribution is -2.38. The van der Waals surface area contributed by atoms with Crippen LogP contribution in [0.4, 0.5) is 0 Å². The minimum absolute atomic E-state index is 0.0108.